The number of rotatable bonds is 4. The maximum Gasteiger partial charge on any atom is 0.411 e. The first-order valence-corrected chi connectivity index (χ1v) is 8.78. The van der Waals surface area contributed by atoms with Gasteiger partial charge in [-0.1, -0.05) is 30.3 Å². The number of fused-ring (bicyclic) bond motifs is 1. The van der Waals surface area contributed by atoms with Crippen LogP contribution in [0.5, 0.6) is 0 Å². The predicted molar refractivity (Wildman–Crippen MR) is 94.8 cm³/mol. The van der Waals surface area contributed by atoms with E-state index in [2.05, 4.69) is 10.7 Å². The fraction of sp³-hybridized carbons (Fsp3) is 0.263. The summed E-state index contributed by atoms with van der Waals surface area (Å²) in [6, 6.07) is 13.4. The van der Waals surface area contributed by atoms with Gasteiger partial charge in [-0.05, 0) is 66.3 Å². The Bertz CT molecular complexity index is 769. The van der Waals surface area contributed by atoms with Gasteiger partial charge in [-0.3, -0.25) is 5.32 Å². The third kappa shape index (κ3) is 3.90. The molecule has 0 atom stereocenters. The normalized spacial score (nSPS) is 12.8. The summed E-state index contributed by atoms with van der Waals surface area (Å²) >= 11 is 1.19. The van der Waals surface area contributed by atoms with Crippen LogP contribution in [0.15, 0.2) is 47.4 Å². The molecule has 1 amide bonds. The van der Waals surface area contributed by atoms with Crippen LogP contribution >= 0.6 is 11.8 Å². The Morgan fingerprint density at radius 3 is 2.62 bits per heavy atom. The van der Waals surface area contributed by atoms with Crippen LogP contribution in [0.4, 0.5) is 10.5 Å². The number of hydrogen-bond donors (Lipinski definition) is 1. The van der Waals surface area contributed by atoms with E-state index in [4.69, 9.17) is 10.00 Å². The third-order valence-corrected chi connectivity index (χ3v) is 4.79. The fourth-order valence-electron chi connectivity index (χ4n) is 2.97. The van der Waals surface area contributed by atoms with Crippen molar-refractivity contribution in [2.45, 2.75) is 37.2 Å². The first-order chi connectivity index (χ1) is 11.8. The second kappa shape index (κ2) is 7.89. The number of nitriles is 1. The van der Waals surface area contributed by atoms with Crippen molar-refractivity contribution in [3.05, 3.63) is 59.2 Å². The maximum atomic E-state index is 12.1. The number of anilines is 1. The molecule has 0 spiro atoms. The SMILES string of the molecule is N#CSc1ccc(NC(=O)OCc2ccccc2)c2c1CCCC2. The Morgan fingerprint density at radius 2 is 1.88 bits per heavy atom. The van der Waals surface area contributed by atoms with Crippen LogP contribution in [0, 0.1) is 10.7 Å². The number of amides is 1. The molecule has 2 aromatic rings. The Kier molecular flexibility index (Phi) is 5.39. The number of thioether (sulfide) groups is 1. The molecule has 0 saturated carbocycles. The van der Waals surface area contributed by atoms with Crippen molar-refractivity contribution in [1.82, 2.24) is 0 Å². The van der Waals surface area contributed by atoms with Crippen LogP contribution in [-0.2, 0) is 24.2 Å². The molecule has 0 heterocycles. The van der Waals surface area contributed by atoms with Crippen molar-refractivity contribution in [2.24, 2.45) is 0 Å². The van der Waals surface area contributed by atoms with Gasteiger partial charge in [-0.25, -0.2) is 4.79 Å². The van der Waals surface area contributed by atoms with Gasteiger partial charge in [0.15, 0.2) is 0 Å². The lowest BCUT2D eigenvalue weighted by Gasteiger charge is -2.21. The van der Waals surface area contributed by atoms with Gasteiger partial charge in [0.1, 0.15) is 12.0 Å². The molecule has 0 unspecified atom stereocenters. The Morgan fingerprint density at radius 1 is 1.12 bits per heavy atom. The zero-order valence-electron chi connectivity index (χ0n) is 13.2. The van der Waals surface area contributed by atoms with Crippen LogP contribution in [0.3, 0.4) is 0 Å². The molecule has 4 nitrogen and oxygen atoms in total. The highest BCUT2D eigenvalue weighted by Crippen LogP contribution is 2.35. The summed E-state index contributed by atoms with van der Waals surface area (Å²) in [5.74, 6) is 0. The molecule has 0 fully saturated rings. The molecule has 1 N–H and O–H groups in total. The van der Waals surface area contributed by atoms with Crippen LogP contribution < -0.4 is 5.32 Å². The lowest BCUT2D eigenvalue weighted by atomic mass is 9.90. The van der Waals surface area contributed by atoms with Gasteiger partial charge in [0.25, 0.3) is 0 Å². The fourth-order valence-corrected chi connectivity index (χ4v) is 3.55. The summed E-state index contributed by atoms with van der Waals surface area (Å²) in [4.78, 5) is 13.1. The molecule has 0 radical (unpaired) electrons. The summed E-state index contributed by atoms with van der Waals surface area (Å²) in [6.45, 7) is 0.247. The molecule has 0 bridgehead atoms. The molecule has 0 aliphatic heterocycles. The largest absolute Gasteiger partial charge is 0.444 e. The summed E-state index contributed by atoms with van der Waals surface area (Å²) in [5, 5.41) is 13.9. The molecule has 122 valence electrons. The van der Waals surface area contributed by atoms with Gasteiger partial charge in [0.2, 0.25) is 0 Å². The molecule has 1 aliphatic rings. The van der Waals surface area contributed by atoms with Crippen LogP contribution in [0.2, 0.25) is 0 Å². The lowest BCUT2D eigenvalue weighted by molar-refractivity contribution is 0.155. The molecule has 24 heavy (non-hydrogen) atoms. The van der Waals surface area contributed by atoms with Crippen molar-refractivity contribution in [1.29, 1.82) is 5.26 Å². The Hall–Kier alpha value is -2.45. The standard InChI is InChI=1S/C19H18N2O2S/c20-13-24-18-11-10-17(15-8-4-5-9-16(15)18)21-19(22)23-12-14-6-2-1-3-7-14/h1-3,6-7,10-11H,4-5,8-9,12H2,(H,21,22). The third-order valence-electron chi connectivity index (χ3n) is 4.10. The highest BCUT2D eigenvalue weighted by atomic mass is 32.2. The maximum absolute atomic E-state index is 12.1. The highest BCUT2D eigenvalue weighted by Gasteiger charge is 2.18. The average Bonchev–Trinajstić information content (AvgIpc) is 2.63. The predicted octanol–water partition coefficient (Wildman–Crippen LogP) is 4.89. The Balaban J connectivity index is 1.70. The van der Waals surface area contributed by atoms with Gasteiger partial charge in [-0.15, -0.1) is 0 Å². The molecule has 5 heteroatoms. The monoisotopic (exact) mass is 338 g/mol. The summed E-state index contributed by atoms with van der Waals surface area (Å²) < 4.78 is 5.29. The first-order valence-electron chi connectivity index (χ1n) is 7.96. The highest BCUT2D eigenvalue weighted by molar-refractivity contribution is 8.03. The number of nitrogens with one attached hydrogen (secondary N) is 1. The molecule has 1 aliphatic carbocycles. The van der Waals surface area contributed by atoms with E-state index in [1.807, 2.05) is 42.5 Å². The smallest absolute Gasteiger partial charge is 0.411 e. The van der Waals surface area contributed by atoms with Crippen molar-refractivity contribution in [2.75, 3.05) is 5.32 Å². The van der Waals surface area contributed by atoms with Gasteiger partial charge < -0.3 is 4.74 Å². The summed E-state index contributed by atoms with van der Waals surface area (Å²) in [6.07, 6.45) is 3.64. The van der Waals surface area contributed by atoms with E-state index in [1.54, 1.807) is 0 Å². The van der Waals surface area contributed by atoms with E-state index >= 15 is 0 Å². The minimum Gasteiger partial charge on any atom is -0.444 e. The zero-order valence-corrected chi connectivity index (χ0v) is 14.1. The van der Waals surface area contributed by atoms with E-state index < -0.39 is 6.09 Å². The van der Waals surface area contributed by atoms with Gasteiger partial charge in [0, 0.05) is 10.6 Å². The lowest BCUT2D eigenvalue weighted by Crippen LogP contribution is -2.17. The van der Waals surface area contributed by atoms with Crippen LogP contribution in [0.1, 0.15) is 29.5 Å². The zero-order chi connectivity index (χ0) is 16.8. The second-order valence-electron chi connectivity index (χ2n) is 5.66. The van der Waals surface area contributed by atoms with E-state index in [9.17, 15) is 4.79 Å². The molecule has 0 saturated heterocycles. The van der Waals surface area contributed by atoms with Gasteiger partial charge >= 0.3 is 6.09 Å². The number of thiocyanates is 1. The minimum absolute atomic E-state index is 0.247. The van der Waals surface area contributed by atoms with Crippen molar-refractivity contribution >= 4 is 23.5 Å². The second-order valence-corrected chi connectivity index (χ2v) is 6.48. The Labute approximate surface area is 145 Å². The number of ether oxygens (including phenoxy) is 1. The van der Waals surface area contributed by atoms with Gasteiger partial charge in [0.05, 0.1) is 0 Å². The average molecular weight is 338 g/mol. The van der Waals surface area contributed by atoms with Crippen LogP contribution in [-0.4, -0.2) is 6.09 Å². The van der Waals surface area contributed by atoms with E-state index in [0.717, 1.165) is 47.4 Å². The molecule has 0 aromatic heterocycles. The van der Waals surface area contributed by atoms with E-state index in [-0.39, 0.29) is 6.61 Å². The molecule has 2 aromatic carbocycles. The van der Waals surface area contributed by atoms with E-state index in [1.165, 1.54) is 17.3 Å². The van der Waals surface area contributed by atoms with Crippen molar-refractivity contribution < 1.29 is 9.53 Å². The van der Waals surface area contributed by atoms with Crippen molar-refractivity contribution in [3.63, 3.8) is 0 Å². The topological polar surface area (TPSA) is 62.1 Å². The van der Waals surface area contributed by atoms with Crippen LogP contribution in [0.25, 0.3) is 0 Å². The van der Waals surface area contributed by atoms with Gasteiger partial charge in [-0.2, -0.15) is 5.26 Å². The number of hydrogen-bond acceptors (Lipinski definition) is 4. The quantitative estimate of drug-likeness (QED) is 0.637. The summed E-state index contributed by atoms with van der Waals surface area (Å²) in [7, 11) is 0. The number of benzene rings is 2. The van der Waals surface area contributed by atoms with Crippen molar-refractivity contribution in [3.8, 4) is 5.40 Å². The molecular weight excluding hydrogens is 320 g/mol. The summed E-state index contributed by atoms with van der Waals surface area (Å²) in [5.41, 5.74) is 4.08. The molecular formula is C19H18N2O2S. The number of carbonyl (C=O) groups is 1. The number of nitrogens with zero attached hydrogens (tertiary/aromatic N) is 1. The molecule has 3 rings (SSSR count). The van der Waals surface area contributed by atoms with E-state index in [0.29, 0.717) is 0 Å². The minimum atomic E-state index is -0.452. The first kappa shape index (κ1) is 16.4. The number of carbonyl (C=O) groups excluding carboxylic acids is 1.